The van der Waals surface area contributed by atoms with E-state index in [9.17, 15) is 14.9 Å². The molecule has 1 atom stereocenters. The molecule has 24 heavy (non-hydrogen) atoms. The summed E-state index contributed by atoms with van der Waals surface area (Å²) >= 11 is 0. The molecule has 0 aliphatic carbocycles. The fourth-order valence-electron chi connectivity index (χ4n) is 3.21. The molecule has 1 aliphatic rings. The van der Waals surface area contributed by atoms with Gasteiger partial charge in [-0.2, -0.15) is 5.10 Å². The van der Waals surface area contributed by atoms with E-state index in [0.29, 0.717) is 35.8 Å². The van der Waals surface area contributed by atoms with Crippen molar-refractivity contribution in [1.29, 1.82) is 0 Å². The third-order valence-corrected chi connectivity index (χ3v) is 4.32. The van der Waals surface area contributed by atoms with E-state index in [2.05, 4.69) is 5.10 Å². The number of ether oxygens (including phenoxy) is 1. The van der Waals surface area contributed by atoms with Gasteiger partial charge in [-0.1, -0.05) is 12.1 Å². The van der Waals surface area contributed by atoms with Gasteiger partial charge in [0.25, 0.3) is 5.91 Å². The van der Waals surface area contributed by atoms with E-state index >= 15 is 0 Å². The van der Waals surface area contributed by atoms with Crippen molar-refractivity contribution in [2.45, 2.75) is 26.3 Å². The summed E-state index contributed by atoms with van der Waals surface area (Å²) < 4.78 is 6.80. The molecule has 0 N–H and O–H groups in total. The van der Waals surface area contributed by atoms with E-state index in [1.807, 2.05) is 18.2 Å². The van der Waals surface area contributed by atoms with Gasteiger partial charge < -0.3 is 9.64 Å². The molecule has 8 heteroatoms. The number of methoxy groups -OCH3 is 1. The first kappa shape index (κ1) is 16.0. The Bertz CT molecular complexity index is 814. The van der Waals surface area contributed by atoms with Crippen molar-refractivity contribution >= 4 is 17.3 Å². The topological polar surface area (TPSA) is 90.5 Å². The van der Waals surface area contributed by atoms with Crippen molar-refractivity contribution in [2.75, 3.05) is 18.6 Å². The van der Waals surface area contributed by atoms with Gasteiger partial charge in [0.15, 0.2) is 0 Å². The SMILES string of the molecule is COc1ccccc1N1CC[C@H](n2nc(C)c([N+](=O)[O-])c2C)C1=O. The lowest BCUT2D eigenvalue weighted by Gasteiger charge is -2.19. The monoisotopic (exact) mass is 330 g/mol. The molecule has 1 aliphatic heterocycles. The Morgan fingerprint density at radius 3 is 2.67 bits per heavy atom. The van der Waals surface area contributed by atoms with Crippen LogP contribution < -0.4 is 9.64 Å². The van der Waals surface area contributed by atoms with E-state index < -0.39 is 11.0 Å². The highest BCUT2D eigenvalue weighted by Crippen LogP contribution is 2.36. The lowest BCUT2D eigenvalue weighted by Crippen LogP contribution is -2.29. The maximum absolute atomic E-state index is 12.9. The second-order valence-electron chi connectivity index (χ2n) is 5.69. The summed E-state index contributed by atoms with van der Waals surface area (Å²) in [6, 6.07) is 6.76. The number of anilines is 1. The van der Waals surface area contributed by atoms with Crippen LogP contribution >= 0.6 is 0 Å². The number of para-hydroxylation sites is 2. The van der Waals surface area contributed by atoms with E-state index in [1.54, 1.807) is 31.9 Å². The van der Waals surface area contributed by atoms with E-state index in [4.69, 9.17) is 4.74 Å². The van der Waals surface area contributed by atoms with Gasteiger partial charge in [-0.05, 0) is 32.4 Å². The molecule has 3 rings (SSSR count). The Morgan fingerprint density at radius 1 is 1.33 bits per heavy atom. The number of aromatic nitrogens is 2. The number of amides is 1. The fourth-order valence-corrected chi connectivity index (χ4v) is 3.21. The Morgan fingerprint density at radius 2 is 2.04 bits per heavy atom. The van der Waals surface area contributed by atoms with E-state index in [1.165, 1.54) is 4.68 Å². The lowest BCUT2D eigenvalue weighted by atomic mass is 10.2. The first-order chi connectivity index (χ1) is 11.5. The zero-order valence-corrected chi connectivity index (χ0v) is 13.7. The maximum atomic E-state index is 12.9. The minimum atomic E-state index is -0.540. The number of hydrogen-bond acceptors (Lipinski definition) is 5. The highest BCUT2D eigenvalue weighted by Gasteiger charge is 2.38. The van der Waals surface area contributed by atoms with Crippen LogP contribution in [0.2, 0.25) is 0 Å². The van der Waals surface area contributed by atoms with Crippen LogP contribution in [0.1, 0.15) is 23.9 Å². The van der Waals surface area contributed by atoms with Gasteiger partial charge in [0.2, 0.25) is 0 Å². The minimum absolute atomic E-state index is 0.0291. The molecule has 126 valence electrons. The Balaban J connectivity index is 1.95. The standard InChI is InChI=1S/C16H18N4O4/c1-10-15(20(22)23)11(2)19(17-10)13-8-9-18(16(13)21)12-6-4-5-7-14(12)24-3/h4-7,13H,8-9H2,1-3H3/t13-/m0/s1. The van der Waals surface area contributed by atoms with Crippen LogP contribution in [-0.4, -0.2) is 34.3 Å². The highest BCUT2D eigenvalue weighted by atomic mass is 16.6. The van der Waals surface area contributed by atoms with E-state index in [-0.39, 0.29) is 11.6 Å². The summed E-state index contributed by atoms with van der Waals surface area (Å²) in [4.78, 5) is 25.2. The first-order valence-electron chi connectivity index (χ1n) is 7.60. The number of carbonyl (C=O) groups is 1. The van der Waals surface area contributed by atoms with Crippen molar-refractivity contribution in [2.24, 2.45) is 0 Å². The van der Waals surface area contributed by atoms with Crippen LogP contribution in [0.5, 0.6) is 5.75 Å². The second-order valence-corrected chi connectivity index (χ2v) is 5.69. The predicted molar refractivity (Wildman–Crippen MR) is 87.4 cm³/mol. The first-order valence-corrected chi connectivity index (χ1v) is 7.60. The largest absolute Gasteiger partial charge is 0.495 e. The van der Waals surface area contributed by atoms with Crippen molar-refractivity contribution < 1.29 is 14.5 Å². The summed E-state index contributed by atoms with van der Waals surface area (Å²) in [5, 5.41) is 15.4. The van der Waals surface area contributed by atoms with Crippen LogP contribution in [-0.2, 0) is 4.79 Å². The number of aryl methyl sites for hydroxylation is 1. The van der Waals surface area contributed by atoms with Gasteiger partial charge in [-0.25, -0.2) is 4.68 Å². The number of carbonyl (C=O) groups excluding carboxylic acids is 1. The van der Waals surface area contributed by atoms with Gasteiger partial charge in [-0.15, -0.1) is 0 Å². The summed E-state index contributed by atoms with van der Waals surface area (Å²) in [7, 11) is 1.56. The molecule has 1 saturated heterocycles. The third-order valence-electron chi connectivity index (χ3n) is 4.32. The summed E-state index contributed by atoms with van der Waals surface area (Å²) in [5.41, 5.74) is 1.39. The zero-order valence-electron chi connectivity index (χ0n) is 13.7. The van der Waals surface area contributed by atoms with Crippen LogP contribution in [0.4, 0.5) is 11.4 Å². The Kier molecular flexibility index (Phi) is 3.96. The van der Waals surface area contributed by atoms with Crippen molar-refractivity contribution in [1.82, 2.24) is 9.78 Å². The smallest absolute Gasteiger partial charge is 0.312 e. The molecular weight excluding hydrogens is 312 g/mol. The van der Waals surface area contributed by atoms with Crippen molar-refractivity contribution in [3.8, 4) is 5.75 Å². The van der Waals surface area contributed by atoms with Gasteiger partial charge >= 0.3 is 5.69 Å². The normalized spacial score (nSPS) is 17.4. The maximum Gasteiger partial charge on any atom is 0.312 e. The van der Waals surface area contributed by atoms with Crippen LogP contribution in [0.3, 0.4) is 0 Å². The van der Waals surface area contributed by atoms with E-state index in [0.717, 1.165) is 0 Å². The van der Waals surface area contributed by atoms with Gasteiger partial charge in [0.1, 0.15) is 23.2 Å². The molecule has 2 aromatic rings. The minimum Gasteiger partial charge on any atom is -0.495 e. The number of benzene rings is 1. The molecule has 0 saturated carbocycles. The number of hydrogen-bond donors (Lipinski definition) is 0. The molecule has 0 unspecified atom stereocenters. The van der Waals surface area contributed by atoms with Crippen molar-refractivity contribution in [3.63, 3.8) is 0 Å². The highest BCUT2D eigenvalue weighted by molar-refractivity contribution is 5.99. The predicted octanol–water partition coefficient (Wildman–Crippen LogP) is 2.39. The van der Waals surface area contributed by atoms with Gasteiger partial charge in [0, 0.05) is 6.54 Å². The second kappa shape index (κ2) is 5.95. The summed E-state index contributed by atoms with van der Waals surface area (Å²) in [5.74, 6) is 0.478. The molecule has 1 aromatic heterocycles. The van der Waals surface area contributed by atoms with Gasteiger partial charge in [-0.3, -0.25) is 14.9 Å². The number of nitrogens with zero attached hydrogens (tertiary/aromatic N) is 4. The summed E-state index contributed by atoms with van der Waals surface area (Å²) in [6.07, 6.45) is 0.538. The lowest BCUT2D eigenvalue weighted by molar-refractivity contribution is -0.386. The molecule has 1 amide bonds. The summed E-state index contributed by atoms with van der Waals surface area (Å²) in [6.45, 7) is 3.71. The van der Waals surface area contributed by atoms with Crippen LogP contribution in [0, 0.1) is 24.0 Å². The molecule has 0 radical (unpaired) electrons. The molecule has 1 aromatic carbocycles. The van der Waals surface area contributed by atoms with Gasteiger partial charge in [0.05, 0.1) is 17.7 Å². The molecule has 0 bridgehead atoms. The zero-order chi connectivity index (χ0) is 17.4. The Labute approximate surface area is 138 Å². The Hall–Kier alpha value is -2.90. The molecule has 1 fully saturated rings. The van der Waals surface area contributed by atoms with Crippen molar-refractivity contribution in [3.05, 3.63) is 45.8 Å². The molecule has 8 nitrogen and oxygen atoms in total. The fraction of sp³-hybridized carbons (Fsp3) is 0.375. The average molecular weight is 330 g/mol. The third kappa shape index (κ3) is 2.40. The number of nitro groups is 1. The molecule has 2 heterocycles. The molecule has 0 spiro atoms. The quantitative estimate of drug-likeness (QED) is 0.634. The average Bonchev–Trinajstić information content (AvgIpc) is 3.06. The number of rotatable bonds is 4. The molecular formula is C16H18N4O4. The van der Waals surface area contributed by atoms with Crippen LogP contribution in [0.15, 0.2) is 24.3 Å². The van der Waals surface area contributed by atoms with Crippen LogP contribution in [0.25, 0.3) is 0 Å².